The molecule has 1 nitrogen and oxygen atoms in total. The molecule has 3 fully saturated rings. The van der Waals surface area contributed by atoms with Crippen LogP contribution < -0.4 is 0 Å². The lowest BCUT2D eigenvalue weighted by molar-refractivity contribution is -0.150. The summed E-state index contributed by atoms with van der Waals surface area (Å²) < 4.78 is 0. The summed E-state index contributed by atoms with van der Waals surface area (Å²) in [5.41, 5.74) is 0.142. The van der Waals surface area contributed by atoms with Crippen LogP contribution in [0.25, 0.3) is 0 Å². The van der Waals surface area contributed by atoms with E-state index >= 15 is 0 Å². The van der Waals surface area contributed by atoms with E-state index < -0.39 is 0 Å². The third kappa shape index (κ3) is 0.525. The standard InChI is InChI=1S/C8H12O/c1-8-4-2-3-6(5-8)7(8)9/h6H,2-5H2,1H3. The molecule has 0 heterocycles. The third-order valence-corrected chi connectivity index (χ3v) is 2.94. The van der Waals surface area contributed by atoms with Gasteiger partial charge >= 0.3 is 0 Å². The minimum absolute atomic E-state index is 0.142. The molecule has 0 aromatic rings. The van der Waals surface area contributed by atoms with Crippen molar-refractivity contribution in [3.8, 4) is 0 Å². The summed E-state index contributed by atoms with van der Waals surface area (Å²) in [7, 11) is 0. The van der Waals surface area contributed by atoms with Crippen LogP contribution in [0.5, 0.6) is 0 Å². The summed E-state index contributed by atoms with van der Waals surface area (Å²) in [6, 6.07) is 0. The van der Waals surface area contributed by atoms with Crippen LogP contribution in [-0.4, -0.2) is 5.78 Å². The molecular weight excluding hydrogens is 112 g/mol. The molecule has 0 N–H and O–H groups in total. The Morgan fingerprint density at radius 2 is 2.44 bits per heavy atom. The van der Waals surface area contributed by atoms with Gasteiger partial charge in [-0.3, -0.25) is 4.79 Å². The fourth-order valence-electron chi connectivity index (χ4n) is 2.30. The van der Waals surface area contributed by atoms with E-state index in [1.165, 1.54) is 19.3 Å². The van der Waals surface area contributed by atoms with Crippen LogP contribution in [0.2, 0.25) is 0 Å². The molecule has 3 saturated carbocycles. The van der Waals surface area contributed by atoms with Crippen molar-refractivity contribution >= 4 is 5.78 Å². The first-order chi connectivity index (χ1) is 4.22. The van der Waals surface area contributed by atoms with Gasteiger partial charge in [-0.05, 0) is 19.3 Å². The predicted octanol–water partition coefficient (Wildman–Crippen LogP) is 1.77. The summed E-state index contributed by atoms with van der Waals surface area (Å²) in [6.45, 7) is 2.12. The summed E-state index contributed by atoms with van der Waals surface area (Å²) in [5.74, 6) is 1.03. The van der Waals surface area contributed by atoms with Gasteiger partial charge in [-0.2, -0.15) is 0 Å². The highest BCUT2D eigenvalue weighted by molar-refractivity contribution is 5.93. The fraction of sp³-hybridized carbons (Fsp3) is 0.875. The van der Waals surface area contributed by atoms with Gasteiger partial charge in [0.05, 0.1) is 0 Å². The zero-order valence-electron chi connectivity index (χ0n) is 5.81. The van der Waals surface area contributed by atoms with Crippen molar-refractivity contribution in [2.45, 2.75) is 32.6 Å². The van der Waals surface area contributed by atoms with Crippen LogP contribution in [-0.2, 0) is 4.79 Å². The van der Waals surface area contributed by atoms with Crippen molar-refractivity contribution in [2.75, 3.05) is 0 Å². The second kappa shape index (κ2) is 1.39. The zero-order chi connectivity index (χ0) is 6.48. The Labute approximate surface area is 55.4 Å². The number of hydrogen-bond acceptors (Lipinski definition) is 1. The Kier molecular flexibility index (Phi) is 0.842. The Morgan fingerprint density at radius 1 is 1.67 bits per heavy atom. The highest BCUT2D eigenvalue weighted by Gasteiger charge is 2.51. The van der Waals surface area contributed by atoms with Crippen molar-refractivity contribution in [2.24, 2.45) is 11.3 Å². The molecule has 2 bridgehead atoms. The molecule has 0 aliphatic heterocycles. The van der Waals surface area contributed by atoms with Gasteiger partial charge in [0, 0.05) is 11.3 Å². The first kappa shape index (κ1) is 5.45. The van der Waals surface area contributed by atoms with E-state index in [4.69, 9.17) is 0 Å². The molecule has 2 atom stereocenters. The average Bonchev–Trinajstić information content (AvgIpc) is 1.88. The molecule has 0 aromatic heterocycles. The van der Waals surface area contributed by atoms with Crippen molar-refractivity contribution in [1.29, 1.82) is 0 Å². The molecule has 1 heteroatoms. The van der Waals surface area contributed by atoms with Gasteiger partial charge in [0.2, 0.25) is 0 Å². The first-order valence-electron chi connectivity index (χ1n) is 3.77. The quantitative estimate of drug-likeness (QED) is 0.481. The average molecular weight is 124 g/mol. The monoisotopic (exact) mass is 124 g/mol. The number of ketones is 1. The molecule has 0 amide bonds. The van der Waals surface area contributed by atoms with E-state index in [9.17, 15) is 4.79 Å². The molecule has 0 spiro atoms. The molecule has 0 radical (unpaired) electrons. The van der Waals surface area contributed by atoms with Crippen molar-refractivity contribution in [3.05, 3.63) is 0 Å². The molecular formula is C8H12O. The van der Waals surface area contributed by atoms with E-state index in [1.807, 2.05) is 0 Å². The summed E-state index contributed by atoms with van der Waals surface area (Å²) in [6.07, 6.45) is 4.80. The van der Waals surface area contributed by atoms with E-state index in [-0.39, 0.29) is 5.41 Å². The molecule has 3 aliphatic carbocycles. The second-order valence-electron chi connectivity index (χ2n) is 3.72. The highest BCUT2D eigenvalue weighted by atomic mass is 16.1. The van der Waals surface area contributed by atoms with Crippen LogP contribution in [0.1, 0.15) is 32.6 Å². The summed E-state index contributed by atoms with van der Waals surface area (Å²) in [4.78, 5) is 11.2. The van der Waals surface area contributed by atoms with Crippen LogP contribution in [0, 0.1) is 11.3 Å². The Bertz CT molecular complexity index is 158. The lowest BCUT2D eigenvalue weighted by atomic mass is 9.54. The number of carbonyl (C=O) groups is 1. The fourth-order valence-corrected chi connectivity index (χ4v) is 2.30. The second-order valence-corrected chi connectivity index (χ2v) is 3.72. The van der Waals surface area contributed by atoms with Crippen LogP contribution in [0.4, 0.5) is 0 Å². The number of rotatable bonds is 0. The van der Waals surface area contributed by atoms with Crippen molar-refractivity contribution in [3.63, 3.8) is 0 Å². The molecule has 0 saturated heterocycles. The highest BCUT2D eigenvalue weighted by Crippen LogP contribution is 2.51. The maximum absolute atomic E-state index is 11.2. The SMILES string of the molecule is CC12CCCC(C1)C2=O. The van der Waals surface area contributed by atoms with E-state index in [2.05, 4.69) is 6.92 Å². The van der Waals surface area contributed by atoms with E-state index in [1.54, 1.807) is 0 Å². The lowest BCUT2D eigenvalue weighted by Crippen LogP contribution is -2.49. The van der Waals surface area contributed by atoms with Gasteiger partial charge in [-0.25, -0.2) is 0 Å². The van der Waals surface area contributed by atoms with Crippen LogP contribution in [0.3, 0.4) is 0 Å². The number of carbonyl (C=O) groups excluding carboxylic acids is 1. The molecule has 50 valence electrons. The Balaban J connectivity index is 2.22. The van der Waals surface area contributed by atoms with Crippen molar-refractivity contribution in [1.82, 2.24) is 0 Å². The lowest BCUT2D eigenvalue weighted by Gasteiger charge is -2.48. The van der Waals surface area contributed by atoms with Crippen molar-refractivity contribution < 1.29 is 4.79 Å². The molecule has 2 unspecified atom stereocenters. The summed E-state index contributed by atoms with van der Waals surface area (Å²) in [5, 5.41) is 0. The first-order valence-corrected chi connectivity index (χ1v) is 3.77. The molecule has 9 heavy (non-hydrogen) atoms. The smallest absolute Gasteiger partial charge is 0.141 e. The zero-order valence-corrected chi connectivity index (χ0v) is 5.81. The molecule has 3 rings (SSSR count). The van der Waals surface area contributed by atoms with E-state index in [0.717, 1.165) is 6.42 Å². The number of hydrogen-bond donors (Lipinski definition) is 0. The normalized spacial score (nSPS) is 48.6. The largest absolute Gasteiger partial charge is 0.299 e. The van der Waals surface area contributed by atoms with Crippen LogP contribution in [0.15, 0.2) is 0 Å². The van der Waals surface area contributed by atoms with Gasteiger partial charge in [-0.15, -0.1) is 0 Å². The van der Waals surface area contributed by atoms with E-state index in [0.29, 0.717) is 11.7 Å². The predicted molar refractivity (Wildman–Crippen MR) is 35.1 cm³/mol. The maximum Gasteiger partial charge on any atom is 0.141 e. The summed E-state index contributed by atoms with van der Waals surface area (Å²) >= 11 is 0. The Morgan fingerprint density at radius 3 is 2.78 bits per heavy atom. The van der Waals surface area contributed by atoms with Gasteiger partial charge in [0.25, 0.3) is 0 Å². The van der Waals surface area contributed by atoms with Gasteiger partial charge < -0.3 is 0 Å². The topological polar surface area (TPSA) is 17.1 Å². The minimum atomic E-state index is 0.142. The molecule has 0 aromatic carbocycles. The van der Waals surface area contributed by atoms with Crippen LogP contribution >= 0.6 is 0 Å². The van der Waals surface area contributed by atoms with Gasteiger partial charge in [0.15, 0.2) is 0 Å². The number of fused-ring (bicyclic) bond motifs is 2. The Hall–Kier alpha value is -0.330. The molecule has 3 aliphatic rings. The third-order valence-electron chi connectivity index (χ3n) is 2.94. The minimum Gasteiger partial charge on any atom is -0.299 e. The number of Topliss-reactive ketones (excluding diaryl/α,β-unsaturated/α-hetero) is 1. The van der Waals surface area contributed by atoms with Gasteiger partial charge in [-0.1, -0.05) is 13.3 Å². The van der Waals surface area contributed by atoms with Gasteiger partial charge in [0.1, 0.15) is 5.78 Å². The maximum atomic E-state index is 11.2.